The summed E-state index contributed by atoms with van der Waals surface area (Å²) in [5, 5.41) is 0. The minimum Gasteiger partial charge on any atom is -0.467 e. The number of carbonyl (C=O) groups is 1. The number of imidazole rings is 1. The van der Waals surface area contributed by atoms with E-state index < -0.39 is 0 Å². The Hall–Kier alpha value is -2.86. The molecule has 2 aromatic heterocycles. The fraction of sp³-hybridized carbons (Fsp3) is 0.391. The standard InChI is InChI=1S/C23H30N4O2/c1-19-8-10-20(11-9-19)16-26-14-13-25-22(26)18-27(17-21-6-5-15-29-21)23(28)7-3-2-4-12-24/h5-6,8-11,13-15H,2-4,7,12,16-18,24H2,1H3. The lowest BCUT2D eigenvalue weighted by atomic mass is 10.1. The van der Waals surface area contributed by atoms with E-state index in [1.165, 1.54) is 11.1 Å². The highest BCUT2D eigenvalue weighted by molar-refractivity contribution is 5.76. The fourth-order valence-electron chi connectivity index (χ4n) is 3.27. The summed E-state index contributed by atoms with van der Waals surface area (Å²) in [6.07, 6.45) is 8.68. The minimum absolute atomic E-state index is 0.114. The Morgan fingerprint density at radius 3 is 2.69 bits per heavy atom. The fourth-order valence-corrected chi connectivity index (χ4v) is 3.27. The third-order valence-corrected chi connectivity index (χ3v) is 4.98. The molecule has 0 aliphatic heterocycles. The van der Waals surface area contributed by atoms with Gasteiger partial charge in [0.05, 0.1) is 19.4 Å². The van der Waals surface area contributed by atoms with Crippen LogP contribution in [0.2, 0.25) is 0 Å². The zero-order chi connectivity index (χ0) is 20.5. The van der Waals surface area contributed by atoms with Crippen LogP contribution < -0.4 is 5.73 Å². The van der Waals surface area contributed by atoms with Crippen molar-refractivity contribution in [2.75, 3.05) is 6.54 Å². The number of nitrogens with zero attached hydrogens (tertiary/aromatic N) is 3. The second-order valence-corrected chi connectivity index (χ2v) is 7.39. The number of aromatic nitrogens is 2. The normalized spacial score (nSPS) is 11.0. The van der Waals surface area contributed by atoms with Crippen molar-refractivity contribution in [1.82, 2.24) is 14.5 Å². The third kappa shape index (κ3) is 6.32. The lowest BCUT2D eigenvalue weighted by molar-refractivity contribution is -0.133. The zero-order valence-corrected chi connectivity index (χ0v) is 17.1. The van der Waals surface area contributed by atoms with Gasteiger partial charge >= 0.3 is 0 Å². The first-order valence-electron chi connectivity index (χ1n) is 10.2. The van der Waals surface area contributed by atoms with Gasteiger partial charge in [0.1, 0.15) is 11.6 Å². The van der Waals surface area contributed by atoms with E-state index in [0.717, 1.165) is 37.4 Å². The lowest BCUT2D eigenvalue weighted by Crippen LogP contribution is -2.31. The van der Waals surface area contributed by atoms with Gasteiger partial charge in [-0.1, -0.05) is 36.2 Å². The van der Waals surface area contributed by atoms with Crippen molar-refractivity contribution in [2.45, 2.75) is 52.2 Å². The molecule has 3 rings (SSSR count). The maximum atomic E-state index is 12.9. The van der Waals surface area contributed by atoms with Crippen LogP contribution in [0.4, 0.5) is 0 Å². The summed E-state index contributed by atoms with van der Waals surface area (Å²) in [7, 11) is 0. The molecule has 154 valence electrons. The van der Waals surface area contributed by atoms with Crippen LogP contribution in [0, 0.1) is 6.92 Å². The molecule has 3 aromatic rings. The molecule has 0 bridgehead atoms. The van der Waals surface area contributed by atoms with Crippen molar-refractivity contribution >= 4 is 5.91 Å². The highest BCUT2D eigenvalue weighted by Crippen LogP contribution is 2.14. The Kier molecular flexibility index (Phi) is 7.64. The Balaban J connectivity index is 1.69. The van der Waals surface area contributed by atoms with Gasteiger partial charge in [0.15, 0.2) is 0 Å². The van der Waals surface area contributed by atoms with E-state index in [1.807, 2.05) is 23.2 Å². The van der Waals surface area contributed by atoms with Crippen molar-refractivity contribution < 1.29 is 9.21 Å². The summed E-state index contributed by atoms with van der Waals surface area (Å²) in [6, 6.07) is 12.2. The summed E-state index contributed by atoms with van der Waals surface area (Å²) in [5.74, 6) is 1.76. The first kappa shape index (κ1) is 20.9. The molecule has 6 nitrogen and oxygen atoms in total. The van der Waals surface area contributed by atoms with Crippen molar-refractivity contribution in [2.24, 2.45) is 5.73 Å². The van der Waals surface area contributed by atoms with Crippen molar-refractivity contribution in [3.05, 3.63) is 77.8 Å². The van der Waals surface area contributed by atoms with E-state index in [4.69, 9.17) is 10.2 Å². The quantitative estimate of drug-likeness (QED) is 0.501. The van der Waals surface area contributed by atoms with Crippen LogP contribution in [0.5, 0.6) is 0 Å². The second kappa shape index (κ2) is 10.6. The molecule has 0 saturated carbocycles. The van der Waals surface area contributed by atoms with Gasteiger partial charge in [-0.2, -0.15) is 0 Å². The molecule has 0 radical (unpaired) electrons. The highest BCUT2D eigenvalue weighted by Gasteiger charge is 2.18. The third-order valence-electron chi connectivity index (χ3n) is 4.98. The zero-order valence-electron chi connectivity index (χ0n) is 17.1. The monoisotopic (exact) mass is 394 g/mol. The van der Waals surface area contributed by atoms with Gasteiger partial charge in [0.2, 0.25) is 5.91 Å². The van der Waals surface area contributed by atoms with E-state index in [-0.39, 0.29) is 5.91 Å². The Morgan fingerprint density at radius 2 is 1.97 bits per heavy atom. The molecule has 0 atom stereocenters. The van der Waals surface area contributed by atoms with Crippen molar-refractivity contribution in [3.8, 4) is 0 Å². The number of aryl methyl sites for hydroxylation is 1. The average Bonchev–Trinajstić information content (AvgIpc) is 3.39. The van der Waals surface area contributed by atoms with Gasteiger partial charge < -0.3 is 19.6 Å². The number of carbonyl (C=O) groups excluding carboxylic acids is 1. The van der Waals surface area contributed by atoms with Gasteiger partial charge in [-0.15, -0.1) is 0 Å². The van der Waals surface area contributed by atoms with E-state index in [9.17, 15) is 4.79 Å². The summed E-state index contributed by atoms with van der Waals surface area (Å²) >= 11 is 0. The van der Waals surface area contributed by atoms with Crippen molar-refractivity contribution in [3.63, 3.8) is 0 Å². The smallest absolute Gasteiger partial charge is 0.223 e. The maximum Gasteiger partial charge on any atom is 0.223 e. The molecule has 0 unspecified atom stereocenters. The SMILES string of the molecule is Cc1ccc(Cn2ccnc2CN(Cc2ccco2)C(=O)CCCCCN)cc1. The van der Waals surface area contributed by atoms with Gasteiger partial charge in [-0.05, 0) is 44.0 Å². The largest absolute Gasteiger partial charge is 0.467 e. The van der Waals surface area contributed by atoms with Crippen molar-refractivity contribution in [1.29, 1.82) is 0 Å². The predicted molar refractivity (Wildman–Crippen MR) is 113 cm³/mol. The maximum absolute atomic E-state index is 12.9. The molecule has 2 N–H and O–H groups in total. The van der Waals surface area contributed by atoms with E-state index in [2.05, 4.69) is 40.7 Å². The van der Waals surface area contributed by atoms with Gasteiger partial charge in [0, 0.05) is 25.4 Å². The summed E-state index contributed by atoms with van der Waals surface area (Å²) in [6.45, 7) is 4.38. The topological polar surface area (TPSA) is 77.3 Å². The number of hydrogen-bond acceptors (Lipinski definition) is 4. The summed E-state index contributed by atoms with van der Waals surface area (Å²) < 4.78 is 7.57. The Morgan fingerprint density at radius 1 is 1.14 bits per heavy atom. The number of benzene rings is 1. The predicted octanol–water partition coefficient (Wildman–Crippen LogP) is 3.88. The minimum atomic E-state index is 0.114. The highest BCUT2D eigenvalue weighted by atomic mass is 16.3. The molecule has 1 aromatic carbocycles. The molecule has 0 fully saturated rings. The number of rotatable bonds is 11. The molecule has 0 aliphatic rings. The van der Waals surface area contributed by atoms with E-state index >= 15 is 0 Å². The lowest BCUT2D eigenvalue weighted by Gasteiger charge is -2.22. The second-order valence-electron chi connectivity index (χ2n) is 7.39. The Labute approximate surface area is 172 Å². The molecule has 0 spiro atoms. The first-order chi connectivity index (χ1) is 14.2. The molecule has 0 saturated heterocycles. The molecule has 29 heavy (non-hydrogen) atoms. The molecule has 2 heterocycles. The molecule has 0 aliphatic carbocycles. The average molecular weight is 395 g/mol. The molecular formula is C23H30N4O2. The van der Waals surface area contributed by atoms with Gasteiger partial charge in [0.25, 0.3) is 0 Å². The number of amides is 1. The number of furan rings is 1. The van der Waals surface area contributed by atoms with Crippen LogP contribution in [-0.4, -0.2) is 26.9 Å². The van der Waals surface area contributed by atoms with Crippen LogP contribution in [0.25, 0.3) is 0 Å². The number of unbranched alkanes of at least 4 members (excludes halogenated alkanes) is 2. The van der Waals surface area contributed by atoms with E-state index in [0.29, 0.717) is 26.1 Å². The van der Waals surface area contributed by atoms with Gasteiger partial charge in [-0.3, -0.25) is 4.79 Å². The van der Waals surface area contributed by atoms with Crippen LogP contribution >= 0.6 is 0 Å². The van der Waals surface area contributed by atoms with Crippen LogP contribution in [0.1, 0.15) is 48.4 Å². The molecular weight excluding hydrogens is 364 g/mol. The van der Waals surface area contributed by atoms with Gasteiger partial charge in [-0.25, -0.2) is 4.98 Å². The van der Waals surface area contributed by atoms with Crippen LogP contribution in [-0.2, 0) is 24.4 Å². The van der Waals surface area contributed by atoms with Crippen LogP contribution in [0.3, 0.4) is 0 Å². The number of hydrogen-bond donors (Lipinski definition) is 1. The first-order valence-corrected chi connectivity index (χ1v) is 10.2. The number of nitrogens with two attached hydrogens (primary N) is 1. The summed E-state index contributed by atoms with van der Waals surface area (Å²) in [5.41, 5.74) is 8.00. The van der Waals surface area contributed by atoms with Crippen LogP contribution in [0.15, 0.2) is 59.5 Å². The summed E-state index contributed by atoms with van der Waals surface area (Å²) in [4.78, 5) is 19.2. The van der Waals surface area contributed by atoms with E-state index in [1.54, 1.807) is 12.5 Å². The molecule has 6 heteroatoms. The Bertz CT molecular complexity index is 869. The molecule has 1 amide bonds.